The Kier molecular flexibility index (Phi) is 25.1. The Morgan fingerprint density at radius 1 is 0.698 bits per heavy atom. The lowest BCUT2D eigenvalue weighted by atomic mass is 10.2. The number of carboxylic acid groups (broad SMARTS) is 3. The van der Waals surface area contributed by atoms with Gasteiger partial charge < -0.3 is 31.7 Å². The molecule has 0 radical (unpaired) electrons. The number of aliphatic carboxylic acids is 3. The molecule has 13 nitrogen and oxygen atoms in total. The highest BCUT2D eigenvalue weighted by Crippen LogP contribution is 2.23. The summed E-state index contributed by atoms with van der Waals surface area (Å²) in [5, 5.41) is 30.6. The maximum Gasteiger partial charge on any atom is 0.490 e. The number of alkyl halides is 9. The average Bonchev–Trinajstić information content (AvgIpc) is 3.45. The molecule has 0 spiro atoms. The molecule has 0 bridgehead atoms. The van der Waals surface area contributed by atoms with Crippen LogP contribution in [0, 0.1) is 0 Å². The van der Waals surface area contributed by atoms with Gasteiger partial charge in [0.2, 0.25) is 0 Å². The van der Waals surface area contributed by atoms with E-state index in [1.54, 1.807) is 0 Å². The second-order valence-corrected chi connectivity index (χ2v) is 10.8. The molecule has 2 aromatic rings. The summed E-state index contributed by atoms with van der Waals surface area (Å²) in [6, 6.07) is 8.33. The van der Waals surface area contributed by atoms with Crippen LogP contribution in [0.5, 0.6) is 0 Å². The third-order valence-corrected chi connectivity index (χ3v) is 6.41. The lowest BCUT2D eigenvalue weighted by Crippen LogP contribution is -2.32. The number of azo groups is 1. The zero-order valence-corrected chi connectivity index (χ0v) is 29.2. The van der Waals surface area contributed by atoms with Crippen molar-refractivity contribution in [2.45, 2.75) is 96.8 Å². The number of carboxylic acids is 3. The first kappa shape index (κ1) is 50.6. The molecule has 53 heavy (non-hydrogen) atoms. The van der Waals surface area contributed by atoms with Gasteiger partial charge in [0, 0.05) is 23.9 Å². The zero-order chi connectivity index (χ0) is 41.3. The van der Waals surface area contributed by atoms with E-state index in [1.165, 1.54) is 44.2 Å². The number of hydrogen-bond acceptors (Lipinski definition) is 8. The highest BCUT2D eigenvalue weighted by Gasteiger charge is 2.39. The molecule has 0 saturated heterocycles. The van der Waals surface area contributed by atoms with Crippen molar-refractivity contribution in [3.8, 4) is 0 Å². The van der Waals surface area contributed by atoms with Crippen molar-refractivity contribution in [1.82, 2.24) is 4.57 Å². The molecule has 0 aliphatic rings. The van der Waals surface area contributed by atoms with Crippen LogP contribution in [0.25, 0.3) is 0 Å². The van der Waals surface area contributed by atoms with E-state index < -0.39 is 36.4 Å². The first-order valence-corrected chi connectivity index (χ1v) is 16.2. The van der Waals surface area contributed by atoms with Gasteiger partial charge in [-0.25, -0.2) is 23.5 Å². The topological polar surface area (TPSA) is 201 Å². The fraction of sp³-hybridized carbons (Fsp3) is 0.613. The van der Waals surface area contributed by atoms with Crippen molar-refractivity contribution in [1.29, 1.82) is 0 Å². The molecule has 304 valence electrons. The summed E-state index contributed by atoms with van der Waals surface area (Å²) >= 11 is 0. The molecule has 0 fully saturated rings. The number of aromatic nitrogens is 2. The van der Waals surface area contributed by atoms with Gasteiger partial charge in [-0.15, -0.1) is 0 Å². The number of aryl methyl sites for hydroxylation is 2. The van der Waals surface area contributed by atoms with Gasteiger partial charge >= 0.3 is 42.4 Å². The number of hydrogen-bond donors (Lipinski definition) is 5. The van der Waals surface area contributed by atoms with E-state index in [0.717, 1.165) is 50.7 Å². The minimum absolute atomic E-state index is 0.696. The number of anilines is 1. The van der Waals surface area contributed by atoms with Crippen LogP contribution >= 0.6 is 0 Å². The van der Waals surface area contributed by atoms with Crippen molar-refractivity contribution >= 4 is 35.2 Å². The van der Waals surface area contributed by atoms with Crippen LogP contribution in [0.1, 0.15) is 65.2 Å². The lowest BCUT2D eigenvalue weighted by Gasteiger charge is -2.24. The molecule has 0 unspecified atom stereocenters. The summed E-state index contributed by atoms with van der Waals surface area (Å²) in [4.78, 5) is 29.0. The lowest BCUT2D eigenvalue weighted by molar-refractivity contribution is -0.684. The van der Waals surface area contributed by atoms with Crippen molar-refractivity contribution in [2.75, 3.05) is 31.1 Å². The van der Waals surface area contributed by atoms with Crippen LogP contribution in [-0.4, -0.2) is 82.5 Å². The van der Waals surface area contributed by atoms with Crippen LogP contribution < -0.4 is 20.9 Å². The second kappa shape index (κ2) is 26.3. The summed E-state index contributed by atoms with van der Waals surface area (Å²) < 4.78 is 99.7. The van der Waals surface area contributed by atoms with Crippen LogP contribution in [0.4, 0.5) is 56.8 Å². The largest absolute Gasteiger partial charge is 0.490 e. The van der Waals surface area contributed by atoms with Crippen molar-refractivity contribution in [3.63, 3.8) is 0 Å². The quantitative estimate of drug-likeness (QED) is 0.0486. The Hall–Kier alpha value is -4.47. The molecule has 1 aromatic carbocycles. The molecule has 22 heteroatoms. The normalized spacial score (nSPS) is 11.4. The molecule has 1 aromatic heterocycles. The Morgan fingerprint density at radius 3 is 1.49 bits per heavy atom. The summed E-state index contributed by atoms with van der Waals surface area (Å²) in [5.74, 6) is -7.33. The van der Waals surface area contributed by atoms with Gasteiger partial charge in [-0.05, 0) is 63.0 Å². The van der Waals surface area contributed by atoms with E-state index in [-0.39, 0.29) is 0 Å². The highest BCUT2D eigenvalue weighted by molar-refractivity contribution is 5.73. The second-order valence-electron chi connectivity index (χ2n) is 10.8. The van der Waals surface area contributed by atoms with Crippen molar-refractivity contribution < 1.29 is 73.8 Å². The fourth-order valence-electron chi connectivity index (χ4n) is 3.75. The monoisotopic (exact) mass is 784 g/mol. The van der Waals surface area contributed by atoms with Crippen LogP contribution in [0.3, 0.4) is 0 Å². The number of carbonyl (C=O) groups is 3. The summed E-state index contributed by atoms with van der Waals surface area (Å²) in [7, 11) is 0. The number of rotatable bonds is 17. The van der Waals surface area contributed by atoms with Gasteiger partial charge in [0.1, 0.15) is 5.69 Å². The standard InChI is InChI=1S/C25H44N7.3C2HF3O2/c1-3-5-7-17-31-21-22-32(18-8-6-4-2)25(31)29-28-23-11-13-24(14-12-23)30(19-9-15-26)20-10-16-27;3*3-2(4,5)1(6)7/h11-14,21-22H,3-10,15-20,26-27H2,1-2H3;3*(H,6,7)/q+1;;;. The minimum atomic E-state index is -5.08. The van der Waals surface area contributed by atoms with Crippen molar-refractivity contribution in [3.05, 3.63) is 36.7 Å². The van der Waals surface area contributed by atoms with E-state index in [0.29, 0.717) is 13.1 Å². The molecule has 7 N–H and O–H groups in total. The predicted molar refractivity (Wildman–Crippen MR) is 175 cm³/mol. The summed E-state index contributed by atoms with van der Waals surface area (Å²) in [5.41, 5.74) is 13.5. The minimum Gasteiger partial charge on any atom is -0.475 e. The molecule has 1 heterocycles. The molecule has 0 aliphatic heterocycles. The van der Waals surface area contributed by atoms with Crippen LogP contribution in [-0.2, 0) is 27.5 Å². The number of nitrogens with two attached hydrogens (primary N) is 2. The maximum atomic E-state index is 10.6. The Morgan fingerprint density at radius 2 is 1.11 bits per heavy atom. The average molecular weight is 785 g/mol. The van der Waals surface area contributed by atoms with E-state index in [4.69, 9.17) is 41.2 Å². The molecular weight excluding hydrogens is 737 g/mol. The predicted octanol–water partition coefficient (Wildman–Crippen LogP) is 6.98. The molecule has 0 saturated carbocycles. The number of nitrogens with zero attached hydrogens (tertiary/aromatic N) is 5. The van der Waals surface area contributed by atoms with E-state index in [2.05, 4.69) is 62.6 Å². The van der Waals surface area contributed by atoms with Gasteiger partial charge in [0.25, 0.3) is 0 Å². The number of halogens is 9. The van der Waals surface area contributed by atoms with Gasteiger partial charge in [-0.1, -0.05) is 44.6 Å². The van der Waals surface area contributed by atoms with E-state index in [9.17, 15) is 39.5 Å². The van der Waals surface area contributed by atoms with Crippen LogP contribution in [0.2, 0.25) is 0 Å². The Labute approximate surface area is 300 Å². The molecule has 0 amide bonds. The molecule has 0 atom stereocenters. The van der Waals surface area contributed by atoms with Gasteiger partial charge in [0.15, 0.2) is 0 Å². The fourth-order valence-corrected chi connectivity index (χ4v) is 3.75. The molecule has 0 aliphatic carbocycles. The molecule has 2 rings (SSSR count). The third kappa shape index (κ3) is 24.4. The number of unbranched alkanes of at least 4 members (excludes halogenated alkanes) is 4. The van der Waals surface area contributed by atoms with Crippen LogP contribution in [0.15, 0.2) is 46.9 Å². The van der Waals surface area contributed by atoms with Gasteiger partial charge in [-0.2, -0.15) is 39.5 Å². The Bertz CT molecular complexity index is 1260. The number of imidazole rings is 1. The van der Waals surface area contributed by atoms with Gasteiger partial charge in [0.05, 0.1) is 25.5 Å². The van der Waals surface area contributed by atoms with E-state index in [1.807, 2.05) is 12.1 Å². The first-order chi connectivity index (χ1) is 24.6. The maximum absolute atomic E-state index is 10.6. The summed E-state index contributed by atoms with van der Waals surface area (Å²) in [6.07, 6.45) is -1.79. The smallest absolute Gasteiger partial charge is 0.475 e. The van der Waals surface area contributed by atoms with E-state index >= 15 is 0 Å². The highest BCUT2D eigenvalue weighted by atomic mass is 19.4. The SMILES string of the molecule is CCCCCn1cc[n+](CCCCC)c1N=Nc1ccc(N(CCCN)CCCN)cc1.O=C(O)C(F)(F)F.O=C(O)C(F)(F)F.O=C(O)C(F)(F)F. The van der Waals surface area contributed by atoms with Gasteiger partial charge in [-0.3, -0.25) is 0 Å². The zero-order valence-electron chi connectivity index (χ0n) is 29.2. The van der Waals surface area contributed by atoms with Crippen molar-refractivity contribution in [2.24, 2.45) is 21.7 Å². The third-order valence-electron chi connectivity index (χ3n) is 6.41. The summed E-state index contributed by atoms with van der Waals surface area (Å²) in [6.45, 7) is 9.72. The molecular formula is C31H47F9N7O6+. The number of benzene rings is 1. The Balaban J connectivity index is 0. The first-order valence-electron chi connectivity index (χ1n) is 16.2.